The first-order valence-corrected chi connectivity index (χ1v) is 9.28. The average molecular weight is 434 g/mol. The molecular weight excluding hydrogens is 411 g/mol. The molecule has 1 aromatic heterocycles. The molecule has 3 rings (SSSR count). The topological polar surface area (TPSA) is 68.2 Å². The molecule has 1 aromatic carbocycles. The molecule has 6 nitrogen and oxygen atoms in total. The number of rotatable bonds is 6. The van der Waals surface area contributed by atoms with E-state index in [9.17, 15) is 4.79 Å². The molecule has 148 valence electrons. The van der Waals surface area contributed by atoms with Crippen molar-refractivity contribution in [3.63, 3.8) is 0 Å². The Balaban J connectivity index is 0.00000261. The summed E-state index contributed by atoms with van der Waals surface area (Å²) < 4.78 is 6.99. The van der Waals surface area contributed by atoms with Gasteiger partial charge in [0.15, 0.2) is 5.69 Å². The van der Waals surface area contributed by atoms with Gasteiger partial charge < -0.3 is 15.4 Å². The van der Waals surface area contributed by atoms with E-state index in [1.165, 1.54) is 0 Å². The van der Waals surface area contributed by atoms with E-state index in [2.05, 4.69) is 15.7 Å². The van der Waals surface area contributed by atoms with E-state index in [0.717, 1.165) is 31.6 Å². The number of ether oxygens (including phenoxy) is 1. The summed E-state index contributed by atoms with van der Waals surface area (Å²) in [6.07, 6.45) is 3.67. The van der Waals surface area contributed by atoms with Gasteiger partial charge in [0.2, 0.25) is 0 Å². The van der Waals surface area contributed by atoms with Gasteiger partial charge in [0.25, 0.3) is 5.91 Å². The molecular formula is C18H23Cl3N4O2. The monoisotopic (exact) mass is 432 g/mol. The average Bonchev–Trinajstić information content (AvgIpc) is 3.13. The fraction of sp³-hybridized carbons (Fsp3) is 0.444. The van der Waals surface area contributed by atoms with Gasteiger partial charge in [0, 0.05) is 25.3 Å². The molecule has 0 unspecified atom stereocenters. The second-order valence-electron chi connectivity index (χ2n) is 6.61. The first-order chi connectivity index (χ1) is 12.5. The molecule has 0 aliphatic carbocycles. The minimum atomic E-state index is -0.196. The maximum Gasteiger partial charge on any atom is 0.271 e. The van der Waals surface area contributed by atoms with Crippen molar-refractivity contribution in [1.29, 1.82) is 0 Å². The lowest BCUT2D eigenvalue weighted by atomic mass is 9.79. The van der Waals surface area contributed by atoms with E-state index >= 15 is 0 Å². The second kappa shape index (κ2) is 9.75. The van der Waals surface area contributed by atoms with Crippen LogP contribution in [0.15, 0.2) is 30.5 Å². The Kier molecular flexibility index (Phi) is 7.94. The van der Waals surface area contributed by atoms with E-state index in [4.69, 9.17) is 27.9 Å². The Morgan fingerprint density at radius 1 is 1.30 bits per heavy atom. The highest BCUT2D eigenvalue weighted by Crippen LogP contribution is 2.28. The number of hydrogen-bond acceptors (Lipinski definition) is 4. The third-order valence-corrected chi connectivity index (χ3v) is 5.47. The standard InChI is InChI=1S/C18H22Cl2N4O2.ClH/c1-26-12-18(5-7-21-8-6-18)11-22-17(25)16-4-9-24(23-16)13-2-3-14(19)15(20)10-13;/h2-4,9-10,21H,5-8,11-12H2,1H3,(H,22,25);1H. The predicted molar refractivity (Wildman–Crippen MR) is 110 cm³/mol. The number of piperidine rings is 1. The van der Waals surface area contributed by atoms with Crippen LogP contribution in [-0.2, 0) is 4.74 Å². The Morgan fingerprint density at radius 3 is 2.70 bits per heavy atom. The SMILES string of the molecule is COCC1(CNC(=O)c2ccn(-c3ccc(Cl)c(Cl)c3)n2)CCNCC1.Cl. The lowest BCUT2D eigenvalue weighted by Gasteiger charge is -2.37. The molecule has 0 atom stereocenters. The van der Waals surface area contributed by atoms with Crippen molar-refractivity contribution < 1.29 is 9.53 Å². The number of carbonyl (C=O) groups excluding carboxylic acids is 1. The zero-order valence-corrected chi connectivity index (χ0v) is 17.3. The van der Waals surface area contributed by atoms with Crippen LogP contribution in [0.4, 0.5) is 0 Å². The second-order valence-corrected chi connectivity index (χ2v) is 7.42. The minimum absolute atomic E-state index is 0. The molecule has 1 amide bonds. The van der Waals surface area contributed by atoms with Crippen molar-refractivity contribution in [3.8, 4) is 5.69 Å². The highest BCUT2D eigenvalue weighted by atomic mass is 35.5. The van der Waals surface area contributed by atoms with Crippen LogP contribution >= 0.6 is 35.6 Å². The first kappa shape index (κ1) is 22.0. The molecule has 9 heteroatoms. The number of hydrogen-bond donors (Lipinski definition) is 2. The van der Waals surface area contributed by atoms with Crippen LogP contribution in [0.5, 0.6) is 0 Å². The molecule has 0 saturated carbocycles. The van der Waals surface area contributed by atoms with Crippen LogP contribution in [0.1, 0.15) is 23.3 Å². The third-order valence-electron chi connectivity index (χ3n) is 4.73. The van der Waals surface area contributed by atoms with Crippen molar-refractivity contribution in [2.24, 2.45) is 5.41 Å². The molecule has 0 radical (unpaired) electrons. The maximum absolute atomic E-state index is 12.5. The van der Waals surface area contributed by atoms with Crippen LogP contribution < -0.4 is 10.6 Å². The van der Waals surface area contributed by atoms with Gasteiger partial charge in [-0.25, -0.2) is 4.68 Å². The van der Waals surface area contributed by atoms with Gasteiger partial charge in [-0.1, -0.05) is 23.2 Å². The zero-order valence-electron chi connectivity index (χ0n) is 15.0. The summed E-state index contributed by atoms with van der Waals surface area (Å²) in [5, 5.41) is 11.6. The molecule has 0 bridgehead atoms. The summed E-state index contributed by atoms with van der Waals surface area (Å²) in [6.45, 7) is 3.07. The zero-order chi connectivity index (χ0) is 18.6. The summed E-state index contributed by atoms with van der Waals surface area (Å²) in [5.41, 5.74) is 1.08. The van der Waals surface area contributed by atoms with Gasteiger partial charge in [-0.15, -0.1) is 12.4 Å². The van der Waals surface area contributed by atoms with Gasteiger partial charge >= 0.3 is 0 Å². The van der Waals surface area contributed by atoms with Gasteiger partial charge in [0.1, 0.15) is 0 Å². The third kappa shape index (κ3) is 5.36. The van der Waals surface area contributed by atoms with Gasteiger partial charge in [-0.05, 0) is 50.2 Å². The van der Waals surface area contributed by atoms with E-state index in [1.807, 2.05) is 0 Å². The quantitative estimate of drug-likeness (QED) is 0.733. The van der Waals surface area contributed by atoms with E-state index in [-0.39, 0.29) is 23.7 Å². The van der Waals surface area contributed by atoms with E-state index < -0.39 is 0 Å². The number of benzene rings is 1. The highest BCUT2D eigenvalue weighted by molar-refractivity contribution is 6.42. The van der Waals surface area contributed by atoms with Crippen LogP contribution in [-0.4, -0.2) is 49.0 Å². The maximum atomic E-state index is 12.5. The van der Waals surface area contributed by atoms with Crippen molar-refractivity contribution in [2.75, 3.05) is 33.4 Å². The highest BCUT2D eigenvalue weighted by Gasteiger charge is 2.32. The molecule has 2 N–H and O–H groups in total. The van der Waals surface area contributed by atoms with Gasteiger partial charge in [0.05, 0.1) is 22.3 Å². The summed E-state index contributed by atoms with van der Waals surface area (Å²) in [6, 6.07) is 6.89. The minimum Gasteiger partial charge on any atom is -0.384 e. The van der Waals surface area contributed by atoms with Crippen molar-refractivity contribution in [1.82, 2.24) is 20.4 Å². The molecule has 1 saturated heterocycles. The number of aromatic nitrogens is 2. The number of carbonyl (C=O) groups is 1. The summed E-state index contributed by atoms with van der Waals surface area (Å²) >= 11 is 12.0. The first-order valence-electron chi connectivity index (χ1n) is 8.52. The molecule has 2 aromatic rings. The number of methoxy groups -OCH3 is 1. The van der Waals surface area contributed by atoms with Gasteiger partial charge in [-0.2, -0.15) is 5.10 Å². The predicted octanol–water partition coefficient (Wildman–Crippen LogP) is 3.35. The fourth-order valence-electron chi connectivity index (χ4n) is 3.21. The number of nitrogens with zero attached hydrogens (tertiary/aromatic N) is 2. The van der Waals surface area contributed by atoms with Crippen LogP contribution in [0.3, 0.4) is 0 Å². The van der Waals surface area contributed by atoms with Crippen LogP contribution in [0.25, 0.3) is 5.69 Å². The van der Waals surface area contributed by atoms with Crippen LogP contribution in [0.2, 0.25) is 10.0 Å². The largest absolute Gasteiger partial charge is 0.384 e. The Hall–Kier alpha value is -1.31. The number of amides is 1. The van der Waals surface area contributed by atoms with Gasteiger partial charge in [-0.3, -0.25) is 4.79 Å². The summed E-state index contributed by atoms with van der Waals surface area (Å²) in [5.74, 6) is -0.196. The van der Waals surface area contributed by atoms with Crippen molar-refractivity contribution in [3.05, 3.63) is 46.2 Å². The molecule has 1 aliphatic rings. The smallest absolute Gasteiger partial charge is 0.271 e. The lowest BCUT2D eigenvalue weighted by Crippen LogP contribution is -2.47. The molecule has 1 fully saturated rings. The lowest BCUT2D eigenvalue weighted by molar-refractivity contribution is 0.0510. The molecule has 1 aliphatic heterocycles. The molecule has 0 spiro atoms. The fourth-order valence-corrected chi connectivity index (χ4v) is 3.50. The van der Waals surface area contributed by atoms with Crippen LogP contribution in [0, 0.1) is 5.41 Å². The van der Waals surface area contributed by atoms with Crippen molar-refractivity contribution in [2.45, 2.75) is 12.8 Å². The molecule has 2 heterocycles. The normalized spacial score (nSPS) is 15.8. The molecule has 27 heavy (non-hydrogen) atoms. The Labute approximate surface area is 175 Å². The van der Waals surface area contributed by atoms with Crippen molar-refractivity contribution >= 4 is 41.5 Å². The Bertz CT molecular complexity index is 770. The summed E-state index contributed by atoms with van der Waals surface area (Å²) in [7, 11) is 1.70. The van der Waals surface area contributed by atoms with E-state index in [1.54, 1.807) is 42.3 Å². The number of halogens is 3. The number of nitrogens with one attached hydrogen (secondary N) is 2. The van der Waals surface area contributed by atoms with E-state index in [0.29, 0.717) is 28.9 Å². The Morgan fingerprint density at radius 2 is 2.04 bits per heavy atom. The summed E-state index contributed by atoms with van der Waals surface area (Å²) in [4.78, 5) is 12.5.